The Morgan fingerprint density at radius 1 is 1.26 bits per heavy atom. The topological polar surface area (TPSA) is 41.8 Å². The molecule has 0 aliphatic rings. The van der Waals surface area contributed by atoms with Crippen molar-refractivity contribution in [1.29, 1.82) is 0 Å². The van der Waals surface area contributed by atoms with Crippen LogP contribution >= 0.6 is 15.9 Å². The third-order valence-corrected chi connectivity index (χ3v) is 3.22. The Bertz CT molecular complexity index is 745. The molecule has 0 saturated carbocycles. The largest absolute Gasteiger partial charge is 0.443 e. The second-order valence-corrected chi connectivity index (χ2v) is 4.84. The number of aromatic amines is 1. The minimum atomic E-state index is -4.54. The van der Waals surface area contributed by atoms with Crippen LogP contribution in [0.1, 0.15) is 5.69 Å². The Hall–Kier alpha value is -1.76. The van der Waals surface area contributed by atoms with Gasteiger partial charge in [-0.05, 0) is 18.2 Å². The summed E-state index contributed by atoms with van der Waals surface area (Å²) < 4.78 is 44.1. The van der Waals surface area contributed by atoms with Crippen molar-refractivity contribution in [2.24, 2.45) is 0 Å². The molecule has 0 radical (unpaired) electrons. The number of oxazole rings is 1. The predicted octanol–water partition coefficient (Wildman–Crippen LogP) is 4.60. The summed E-state index contributed by atoms with van der Waals surface area (Å²) in [6.07, 6.45) is -2.26. The molecule has 2 heterocycles. The van der Waals surface area contributed by atoms with Gasteiger partial charge in [-0.1, -0.05) is 15.9 Å². The Labute approximate surface area is 113 Å². The molecule has 0 atom stereocenters. The first-order chi connectivity index (χ1) is 8.97. The van der Waals surface area contributed by atoms with Crippen LogP contribution in [0.4, 0.5) is 13.2 Å². The fourth-order valence-electron chi connectivity index (χ4n) is 1.92. The minimum absolute atomic E-state index is 0.281. The number of hydrogen-bond acceptors (Lipinski definition) is 2. The standard InChI is InChI=1S/C12H6BrF3N2O/c13-6-1-2-9-7(3-6)8(4-17-9)10-11(12(14,15)16)18-5-19-10/h1-5,17H. The number of nitrogens with one attached hydrogen (secondary N) is 1. The van der Waals surface area contributed by atoms with E-state index in [2.05, 4.69) is 25.9 Å². The Morgan fingerprint density at radius 2 is 2.05 bits per heavy atom. The number of nitrogens with zero attached hydrogens (tertiary/aromatic N) is 1. The van der Waals surface area contributed by atoms with Gasteiger partial charge in [-0.15, -0.1) is 0 Å². The van der Waals surface area contributed by atoms with Crippen LogP contribution in [0, 0.1) is 0 Å². The van der Waals surface area contributed by atoms with Gasteiger partial charge in [0.05, 0.1) is 0 Å². The zero-order valence-electron chi connectivity index (χ0n) is 9.25. The number of rotatable bonds is 1. The first kappa shape index (κ1) is 12.3. The van der Waals surface area contributed by atoms with E-state index in [9.17, 15) is 13.2 Å². The molecule has 98 valence electrons. The van der Waals surface area contributed by atoms with Crippen molar-refractivity contribution < 1.29 is 17.6 Å². The molecular weight excluding hydrogens is 325 g/mol. The highest BCUT2D eigenvalue weighted by Gasteiger charge is 2.38. The normalized spacial score (nSPS) is 12.2. The monoisotopic (exact) mass is 330 g/mol. The van der Waals surface area contributed by atoms with Crippen LogP contribution in [0.25, 0.3) is 22.2 Å². The van der Waals surface area contributed by atoms with E-state index in [1.54, 1.807) is 18.2 Å². The number of benzene rings is 1. The van der Waals surface area contributed by atoms with Crippen LogP contribution in [0.15, 0.2) is 39.7 Å². The van der Waals surface area contributed by atoms with Gasteiger partial charge in [0.2, 0.25) is 0 Å². The predicted molar refractivity (Wildman–Crippen MR) is 66.5 cm³/mol. The third kappa shape index (κ3) is 2.03. The number of aromatic nitrogens is 2. The number of hydrogen-bond donors (Lipinski definition) is 1. The average molecular weight is 331 g/mol. The molecule has 0 bridgehead atoms. The Morgan fingerprint density at radius 3 is 2.79 bits per heavy atom. The molecule has 7 heteroatoms. The van der Waals surface area contributed by atoms with E-state index in [1.165, 1.54) is 6.20 Å². The van der Waals surface area contributed by atoms with Crippen molar-refractivity contribution in [3.05, 3.63) is 41.0 Å². The summed E-state index contributed by atoms with van der Waals surface area (Å²) in [7, 11) is 0. The van der Waals surface area contributed by atoms with E-state index in [4.69, 9.17) is 4.42 Å². The summed E-state index contributed by atoms with van der Waals surface area (Å²) in [6.45, 7) is 0. The van der Waals surface area contributed by atoms with E-state index < -0.39 is 11.9 Å². The smallest absolute Gasteiger partial charge is 0.437 e. The highest BCUT2D eigenvalue weighted by atomic mass is 79.9. The van der Waals surface area contributed by atoms with Gasteiger partial charge in [0, 0.05) is 27.1 Å². The highest BCUT2D eigenvalue weighted by Crippen LogP contribution is 2.39. The van der Waals surface area contributed by atoms with Gasteiger partial charge in [-0.25, -0.2) is 4.98 Å². The minimum Gasteiger partial charge on any atom is -0.443 e. The average Bonchev–Trinajstić information content (AvgIpc) is 2.91. The van der Waals surface area contributed by atoms with E-state index >= 15 is 0 Å². The lowest BCUT2D eigenvalue weighted by Crippen LogP contribution is -2.06. The van der Waals surface area contributed by atoms with Gasteiger partial charge in [-0.3, -0.25) is 0 Å². The maximum atomic E-state index is 12.8. The van der Waals surface area contributed by atoms with E-state index in [0.717, 1.165) is 16.4 Å². The van der Waals surface area contributed by atoms with E-state index in [1.807, 2.05) is 0 Å². The first-order valence-electron chi connectivity index (χ1n) is 5.24. The second-order valence-electron chi connectivity index (χ2n) is 3.92. The molecule has 0 aliphatic carbocycles. The Balaban J connectivity index is 2.26. The van der Waals surface area contributed by atoms with Crippen molar-refractivity contribution in [2.75, 3.05) is 0 Å². The first-order valence-corrected chi connectivity index (χ1v) is 6.04. The molecule has 0 fully saturated rings. The molecule has 2 aromatic heterocycles. The number of H-pyrrole nitrogens is 1. The lowest BCUT2D eigenvalue weighted by Gasteiger charge is -2.04. The number of halogens is 4. The fourth-order valence-corrected chi connectivity index (χ4v) is 2.28. The molecule has 0 unspecified atom stereocenters. The van der Waals surface area contributed by atoms with Gasteiger partial charge < -0.3 is 9.40 Å². The van der Waals surface area contributed by atoms with Gasteiger partial charge in [0.25, 0.3) is 0 Å². The fraction of sp³-hybridized carbons (Fsp3) is 0.0833. The molecule has 1 N–H and O–H groups in total. The molecule has 3 nitrogen and oxygen atoms in total. The van der Waals surface area contributed by atoms with Crippen molar-refractivity contribution in [3.8, 4) is 11.3 Å². The second kappa shape index (κ2) is 4.12. The summed E-state index contributed by atoms with van der Waals surface area (Å²) in [5, 5.41) is 0.636. The lowest BCUT2D eigenvalue weighted by atomic mass is 10.1. The quantitative estimate of drug-likeness (QED) is 0.708. The lowest BCUT2D eigenvalue weighted by molar-refractivity contribution is -0.140. The van der Waals surface area contributed by atoms with Crippen molar-refractivity contribution in [2.45, 2.75) is 6.18 Å². The molecule has 3 rings (SSSR count). The zero-order valence-corrected chi connectivity index (χ0v) is 10.8. The summed E-state index contributed by atoms with van der Waals surface area (Å²) >= 11 is 3.29. The van der Waals surface area contributed by atoms with Crippen LogP contribution in [0.3, 0.4) is 0 Å². The summed E-state index contributed by atoms with van der Waals surface area (Å²) in [4.78, 5) is 6.16. The molecule has 19 heavy (non-hydrogen) atoms. The maximum Gasteiger partial charge on any atom is 0.437 e. The van der Waals surface area contributed by atoms with Gasteiger partial charge in [0.1, 0.15) is 0 Å². The molecule has 0 aliphatic heterocycles. The molecular formula is C12H6BrF3N2O. The summed E-state index contributed by atoms with van der Waals surface area (Å²) in [6, 6.07) is 5.30. The van der Waals surface area contributed by atoms with Crippen LogP contribution in [0.5, 0.6) is 0 Å². The SMILES string of the molecule is FC(F)(F)c1ncoc1-c1c[nH]c2ccc(Br)cc12. The molecule has 0 amide bonds. The molecule has 1 aromatic carbocycles. The number of alkyl halides is 3. The van der Waals surface area contributed by atoms with Crippen LogP contribution in [-0.4, -0.2) is 9.97 Å². The van der Waals surface area contributed by atoms with Crippen LogP contribution < -0.4 is 0 Å². The zero-order chi connectivity index (χ0) is 13.6. The molecule has 0 saturated heterocycles. The van der Waals surface area contributed by atoms with Crippen LogP contribution in [0.2, 0.25) is 0 Å². The van der Waals surface area contributed by atoms with Crippen molar-refractivity contribution >= 4 is 26.8 Å². The molecule has 3 aromatic rings. The highest BCUT2D eigenvalue weighted by molar-refractivity contribution is 9.10. The van der Waals surface area contributed by atoms with E-state index in [0.29, 0.717) is 10.9 Å². The summed E-state index contributed by atoms with van der Waals surface area (Å²) in [5.74, 6) is -0.281. The van der Waals surface area contributed by atoms with Gasteiger partial charge in [0.15, 0.2) is 17.8 Å². The van der Waals surface area contributed by atoms with Gasteiger partial charge in [-0.2, -0.15) is 13.2 Å². The third-order valence-electron chi connectivity index (χ3n) is 2.72. The van der Waals surface area contributed by atoms with Crippen molar-refractivity contribution in [3.63, 3.8) is 0 Å². The van der Waals surface area contributed by atoms with E-state index in [-0.39, 0.29) is 5.76 Å². The van der Waals surface area contributed by atoms with Crippen molar-refractivity contribution in [1.82, 2.24) is 9.97 Å². The summed E-state index contributed by atoms with van der Waals surface area (Å²) in [5.41, 5.74) is 0.0391. The van der Waals surface area contributed by atoms with Gasteiger partial charge >= 0.3 is 6.18 Å². The van der Waals surface area contributed by atoms with Crippen LogP contribution in [-0.2, 0) is 6.18 Å². The molecule has 0 spiro atoms. The number of fused-ring (bicyclic) bond motifs is 1. The maximum absolute atomic E-state index is 12.8. The Kier molecular flexibility index (Phi) is 2.67.